The van der Waals surface area contributed by atoms with Crippen LogP contribution in [0.25, 0.3) is 11.1 Å². The Hall–Kier alpha value is -2.63. The Labute approximate surface area is 208 Å². The van der Waals surface area contributed by atoms with Gasteiger partial charge in [0.1, 0.15) is 0 Å². The third-order valence-electron chi connectivity index (χ3n) is 7.51. The molecular formula is C30H37NO4. The van der Waals surface area contributed by atoms with Crippen LogP contribution in [0.15, 0.2) is 54.3 Å². The lowest BCUT2D eigenvalue weighted by atomic mass is 9.90. The highest BCUT2D eigenvalue weighted by molar-refractivity contribution is 5.91. The second-order valence-corrected chi connectivity index (χ2v) is 10.0. The maximum absolute atomic E-state index is 13.5. The molecule has 0 unspecified atom stereocenters. The second-order valence-electron chi connectivity index (χ2n) is 10.0. The first-order valence-corrected chi connectivity index (χ1v) is 13.3. The molecule has 0 spiro atoms. The smallest absolute Gasteiger partial charge is 0.288 e. The number of fused-ring (bicyclic) bond motifs is 3. The number of carbonyl (C=O) groups excluding carboxylic acids is 1. The minimum absolute atomic E-state index is 0.00544. The summed E-state index contributed by atoms with van der Waals surface area (Å²) in [5, 5.41) is 9.09. The van der Waals surface area contributed by atoms with Crippen molar-refractivity contribution in [3.8, 4) is 11.1 Å². The van der Waals surface area contributed by atoms with E-state index in [-0.39, 0.29) is 18.4 Å². The number of rotatable bonds is 7. The van der Waals surface area contributed by atoms with Crippen LogP contribution in [0.5, 0.6) is 0 Å². The van der Waals surface area contributed by atoms with Crippen molar-refractivity contribution < 1.29 is 19.4 Å². The number of hydrogen-bond donors (Lipinski definition) is 1. The van der Waals surface area contributed by atoms with Gasteiger partial charge in [0.15, 0.2) is 5.76 Å². The summed E-state index contributed by atoms with van der Waals surface area (Å²) in [5.41, 5.74) is 6.58. The average Bonchev–Trinajstić information content (AvgIpc) is 3.24. The number of allylic oxidation sites excluding steroid dienone is 1. The molecule has 3 aliphatic rings. The number of ether oxygens (including phenoxy) is 2. The topological polar surface area (TPSA) is 59.0 Å². The fourth-order valence-corrected chi connectivity index (χ4v) is 5.57. The van der Waals surface area contributed by atoms with E-state index in [2.05, 4.69) is 42.5 Å². The van der Waals surface area contributed by atoms with Gasteiger partial charge in [-0.3, -0.25) is 4.79 Å². The van der Waals surface area contributed by atoms with Crippen LogP contribution in [0.3, 0.4) is 0 Å². The average molecular weight is 476 g/mol. The van der Waals surface area contributed by atoms with Crippen LogP contribution < -0.4 is 0 Å². The van der Waals surface area contributed by atoms with Gasteiger partial charge in [-0.1, -0.05) is 61.7 Å². The molecule has 1 amide bonds. The maximum atomic E-state index is 13.5. The zero-order valence-electron chi connectivity index (χ0n) is 20.6. The second kappa shape index (κ2) is 11.4. The Balaban J connectivity index is 1.37. The van der Waals surface area contributed by atoms with Crippen LogP contribution >= 0.6 is 0 Å². The van der Waals surface area contributed by atoms with Gasteiger partial charge in [0.05, 0.1) is 6.61 Å². The number of amides is 1. The summed E-state index contributed by atoms with van der Waals surface area (Å²) in [6.07, 6.45) is 10.4. The summed E-state index contributed by atoms with van der Waals surface area (Å²) in [6, 6.07) is 15.4. The molecular weight excluding hydrogens is 438 g/mol. The van der Waals surface area contributed by atoms with Crippen molar-refractivity contribution in [1.82, 2.24) is 4.90 Å². The first-order chi connectivity index (χ1) is 17.2. The molecule has 1 aliphatic carbocycles. The minimum Gasteiger partial charge on any atom is -0.459 e. The van der Waals surface area contributed by atoms with E-state index in [0.29, 0.717) is 25.2 Å². The molecule has 0 aromatic heterocycles. The molecule has 5 rings (SSSR count). The SMILES string of the molecule is O=C(C1=C[C@@H](c2ccc3c(c2)Cc2ccccc2-3)C[C@@H](OCCCCO)O1)N1CCCCCCC1. The van der Waals surface area contributed by atoms with E-state index in [1.54, 1.807) is 0 Å². The Morgan fingerprint density at radius 3 is 2.57 bits per heavy atom. The number of benzene rings is 2. The molecule has 2 heterocycles. The van der Waals surface area contributed by atoms with Crippen molar-refractivity contribution >= 4 is 5.91 Å². The summed E-state index contributed by atoms with van der Waals surface area (Å²) < 4.78 is 12.2. The number of nitrogens with zero attached hydrogens (tertiary/aromatic N) is 1. The van der Waals surface area contributed by atoms with Crippen LogP contribution in [0.4, 0.5) is 0 Å². The molecule has 2 aliphatic heterocycles. The largest absolute Gasteiger partial charge is 0.459 e. The van der Waals surface area contributed by atoms with E-state index in [1.807, 2.05) is 11.0 Å². The molecule has 2 aromatic carbocycles. The lowest BCUT2D eigenvalue weighted by molar-refractivity contribution is -0.153. The number of carbonyl (C=O) groups is 1. The van der Waals surface area contributed by atoms with Crippen molar-refractivity contribution in [2.24, 2.45) is 0 Å². The van der Waals surface area contributed by atoms with Gasteiger partial charge >= 0.3 is 0 Å². The molecule has 2 aromatic rings. The summed E-state index contributed by atoms with van der Waals surface area (Å²) >= 11 is 0. The molecule has 35 heavy (non-hydrogen) atoms. The van der Waals surface area contributed by atoms with Gasteiger partial charge in [-0.15, -0.1) is 0 Å². The molecule has 186 valence electrons. The predicted octanol–water partition coefficient (Wildman–Crippen LogP) is 5.55. The molecule has 1 N–H and O–H groups in total. The summed E-state index contributed by atoms with van der Waals surface area (Å²) in [5.74, 6) is 0.487. The number of aliphatic hydroxyl groups excluding tert-OH is 1. The normalized spacial score (nSPS) is 21.9. The molecule has 1 fully saturated rings. The third-order valence-corrected chi connectivity index (χ3v) is 7.51. The molecule has 0 radical (unpaired) electrons. The maximum Gasteiger partial charge on any atom is 0.288 e. The first kappa shape index (κ1) is 24.1. The Kier molecular flexibility index (Phi) is 7.85. The Bertz CT molecular complexity index is 1050. The van der Waals surface area contributed by atoms with Gasteiger partial charge in [-0.25, -0.2) is 0 Å². The molecule has 0 saturated carbocycles. The van der Waals surface area contributed by atoms with E-state index >= 15 is 0 Å². The van der Waals surface area contributed by atoms with Crippen molar-refractivity contribution in [2.45, 2.75) is 70.0 Å². The van der Waals surface area contributed by atoms with Crippen molar-refractivity contribution in [1.29, 1.82) is 0 Å². The lowest BCUT2D eigenvalue weighted by Crippen LogP contribution is -2.38. The van der Waals surface area contributed by atoms with Crippen molar-refractivity contribution in [3.05, 3.63) is 71.0 Å². The minimum atomic E-state index is -0.456. The summed E-state index contributed by atoms with van der Waals surface area (Å²) in [7, 11) is 0. The van der Waals surface area contributed by atoms with Crippen LogP contribution in [0.2, 0.25) is 0 Å². The van der Waals surface area contributed by atoms with Crippen LogP contribution in [-0.4, -0.2) is 48.5 Å². The van der Waals surface area contributed by atoms with Gasteiger partial charge in [0.25, 0.3) is 5.91 Å². The lowest BCUT2D eigenvalue weighted by Gasteiger charge is -2.32. The third kappa shape index (κ3) is 5.62. The fourth-order valence-electron chi connectivity index (χ4n) is 5.57. The summed E-state index contributed by atoms with van der Waals surface area (Å²) in [4.78, 5) is 15.5. The summed E-state index contributed by atoms with van der Waals surface area (Å²) in [6.45, 7) is 2.27. The van der Waals surface area contributed by atoms with Crippen LogP contribution in [0.1, 0.15) is 74.0 Å². The van der Waals surface area contributed by atoms with E-state index < -0.39 is 6.29 Å². The first-order valence-electron chi connectivity index (χ1n) is 13.3. The van der Waals surface area contributed by atoms with E-state index in [9.17, 15) is 4.79 Å². The van der Waals surface area contributed by atoms with Crippen molar-refractivity contribution in [3.63, 3.8) is 0 Å². The number of likely N-dealkylation sites (tertiary alicyclic amines) is 1. The van der Waals surface area contributed by atoms with Gasteiger partial charge < -0.3 is 19.5 Å². The Morgan fingerprint density at radius 1 is 0.971 bits per heavy atom. The number of aliphatic hydroxyl groups is 1. The number of hydrogen-bond acceptors (Lipinski definition) is 4. The zero-order valence-corrected chi connectivity index (χ0v) is 20.6. The van der Waals surface area contributed by atoms with Gasteiger partial charge in [0.2, 0.25) is 6.29 Å². The van der Waals surface area contributed by atoms with Crippen LogP contribution in [-0.2, 0) is 20.7 Å². The van der Waals surface area contributed by atoms with Gasteiger partial charge in [-0.2, -0.15) is 0 Å². The van der Waals surface area contributed by atoms with E-state index in [0.717, 1.165) is 38.8 Å². The Morgan fingerprint density at radius 2 is 1.74 bits per heavy atom. The molecule has 1 saturated heterocycles. The molecule has 2 atom stereocenters. The molecule has 5 nitrogen and oxygen atoms in total. The monoisotopic (exact) mass is 475 g/mol. The van der Waals surface area contributed by atoms with E-state index in [1.165, 1.54) is 47.1 Å². The zero-order chi connectivity index (χ0) is 24.0. The van der Waals surface area contributed by atoms with Gasteiger partial charge in [0, 0.05) is 32.0 Å². The highest BCUT2D eigenvalue weighted by atomic mass is 16.7. The fraction of sp³-hybridized carbons (Fsp3) is 0.500. The standard InChI is InChI=1S/C30H37NO4/c32-16-8-9-17-34-29-21-24(20-28(35-29)30(33)31-14-6-2-1-3-7-15-31)22-12-13-27-25(18-22)19-23-10-4-5-11-26(23)27/h4-5,10-13,18,20,24,29,32H,1-3,6-9,14-17,19,21H2/t24-,29+/m1/s1. The predicted molar refractivity (Wildman–Crippen MR) is 137 cm³/mol. The molecule has 5 heteroatoms. The molecule has 0 bridgehead atoms. The number of unbranched alkanes of at least 4 members (excludes halogenated alkanes) is 1. The van der Waals surface area contributed by atoms with E-state index in [4.69, 9.17) is 14.6 Å². The highest BCUT2D eigenvalue weighted by Crippen LogP contribution is 2.40. The van der Waals surface area contributed by atoms with Crippen LogP contribution in [0, 0.1) is 0 Å². The van der Waals surface area contributed by atoms with Gasteiger partial charge in [-0.05, 0) is 66.0 Å². The highest BCUT2D eigenvalue weighted by Gasteiger charge is 2.31. The quantitative estimate of drug-likeness (QED) is 0.455. The van der Waals surface area contributed by atoms with Crippen molar-refractivity contribution in [2.75, 3.05) is 26.3 Å².